The monoisotopic (exact) mass is 285 g/mol. The molecule has 0 aromatic heterocycles. The first-order chi connectivity index (χ1) is 9.81. The standard InChI is InChI=1S/C18H20ClN/c1-20-18(17-13-7-4-8-14(13)17)15-9-10-16(19)12-6-3-2-5-11(12)15/h2-3,5-6,9-10,13-14,17-18,20H,4,7-8H2,1H3. The quantitative estimate of drug-likeness (QED) is 0.854. The van der Waals surface area contributed by atoms with Crippen molar-refractivity contribution in [3.05, 3.63) is 47.0 Å². The van der Waals surface area contributed by atoms with Crippen LogP contribution in [0.4, 0.5) is 0 Å². The molecule has 2 heteroatoms. The molecule has 0 bridgehead atoms. The van der Waals surface area contributed by atoms with Crippen molar-refractivity contribution in [2.45, 2.75) is 25.3 Å². The van der Waals surface area contributed by atoms with Gasteiger partial charge < -0.3 is 5.32 Å². The van der Waals surface area contributed by atoms with Crippen LogP contribution in [0.25, 0.3) is 10.8 Å². The van der Waals surface area contributed by atoms with Gasteiger partial charge >= 0.3 is 0 Å². The molecule has 0 aliphatic heterocycles. The number of nitrogens with one attached hydrogen (secondary N) is 1. The summed E-state index contributed by atoms with van der Waals surface area (Å²) in [5, 5.41) is 6.92. The minimum absolute atomic E-state index is 0.479. The van der Waals surface area contributed by atoms with Crippen LogP contribution in [0.15, 0.2) is 36.4 Å². The molecule has 2 aromatic carbocycles. The van der Waals surface area contributed by atoms with Crippen LogP contribution in [0, 0.1) is 17.8 Å². The van der Waals surface area contributed by atoms with Gasteiger partial charge in [-0.05, 0) is 54.7 Å². The van der Waals surface area contributed by atoms with Gasteiger partial charge in [0, 0.05) is 16.5 Å². The van der Waals surface area contributed by atoms with E-state index in [1.807, 2.05) is 0 Å². The fraction of sp³-hybridized carbons (Fsp3) is 0.444. The van der Waals surface area contributed by atoms with Crippen molar-refractivity contribution in [2.75, 3.05) is 7.05 Å². The van der Waals surface area contributed by atoms with Crippen LogP contribution in [0.5, 0.6) is 0 Å². The van der Waals surface area contributed by atoms with Crippen LogP contribution >= 0.6 is 11.6 Å². The Morgan fingerprint density at radius 3 is 2.45 bits per heavy atom. The van der Waals surface area contributed by atoms with Crippen LogP contribution in [0.2, 0.25) is 5.02 Å². The Balaban J connectivity index is 1.79. The van der Waals surface area contributed by atoms with Gasteiger partial charge in [-0.25, -0.2) is 0 Å². The molecule has 2 aromatic rings. The van der Waals surface area contributed by atoms with Crippen LogP contribution in [0.3, 0.4) is 0 Å². The van der Waals surface area contributed by atoms with Gasteiger partial charge in [-0.1, -0.05) is 48.4 Å². The molecule has 1 N–H and O–H groups in total. The Labute approximate surface area is 125 Å². The van der Waals surface area contributed by atoms with Crippen molar-refractivity contribution < 1.29 is 0 Å². The second-order valence-electron chi connectivity index (χ2n) is 6.28. The first-order valence-corrected chi connectivity index (χ1v) is 8.03. The van der Waals surface area contributed by atoms with E-state index in [9.17, 15) is 0 Å². The molecular weight excluding hydrogens is 266 g/mol. The molecule has 2 aliphatic carbocycles. The SMILES string of the molecule is CNC(c1ccc(Cl)c2ccccc12)C1C2CCCC21. The molecule has 1 nitrogen and oxygen atoms in total. The lowest BCUT2D eigenvalue weighted by Gasteiger charge is -2.21. The number of halogens is 1. The zero-order chi connectivity index (χ0) is 13.7. The number of fused-ring (bicyclic) bond motifs is 2. The smallest absolute Gasteiger partial charge is 0.0484 e. The molecule has 104 valence electrons. The van der Waals surface area contributed by atoms with Crippen LogP contribution in [-0.4, -0.2) is 7.05 Å². The zero-order valence-corrected chi connectivity index (χ0v) is 12.5. The predicted molar refractivity (Wildman–Crippen MR) is 85.1 cm³/mol. The van der Waals surface area contributed by atoms with Crippen molar-refractivity contribution in [1.29, 1.82) is 0 Å². The predicted octanol–water partition coefficient (Wildman–Crippen LogP) is 4.80. The van der Waals surface area contributed by atoms with Crippen molar-refractivity contribution in [3.63, 3.8) is 0 Å². The highest BCUT2D eigenvalue weighted by atomic mass is 35.5. The lowest BCUT2D eigenvalue weighted by Crippen LogP contribution is -2.21. The van der Waals surface area contributed by atoms with Gasteiger partial charge in [-0.15, -0.1) is 0 Å². The third kappa shape index (κ3) is 1.80. The summed E-state index contributed by atoms with van der Waals surface area (Å²) < 4.78 is 0. The number of benzene rings is 2. The van der Waals surface area contributed by atoms with E-state index in [1.165, 1.54) is 35.6 Å². The van der Waals surface area contributed by atoms with E-state index in [-0.39, 0.29) is 0 Å². The summed E-state index contributed by atoms with van der Waals surface area (Å²) in [6.45, 7) is 0. The van der Waals surface area contributed by atoms with Gasteiger partial charge in [0.1, 0.15) is 0 Å². The Morgan fingerprint density at radius 2 is 1.75 bits per heavy atom. The Kier molecular flexibility index (Phi) is 3.01. The summed E-state index contributed by atoms with van der Waals surface area (Å²) >= 11 is 6.35. The molecule has 0 saturated heterocycles. The lowest BCUT2D eigenvalue weighted by atomic mass is 9.92. The lowest BCUT2D eigenvalue weighted by molar-refractivity contribution is 0.447. The molecule has 2 saturated carbocycles. The van der Waals surface area contributed by atoms with E-state index in [0.717, 1.165) is 22.8 Å². The first-order valence-electron chi connectivity index (χ1n) is 7.65. The van der Waals surface area contributed by atoms with Crippen LogP contribution in [-0.2, 0) is 0 Å². The van der Waals surface area contributed by atoms with Gasteiger partial charge in [0.05, 0.1) is 0 Å². The van der Waals surface area contributed by atoms with Crippen molar-refractivity contribution in [2.24, 2.45) is 17.8 Å². The maximum atomic E-state index is 6.35. The van der Waals surface area contributed by atoms with E-state index >= 15 is 0 Å². The molecule has 0 radical (unpaired) electrons. The molecule has 3 atom stereocenters. The maximum absolute atomic E-state index is 6.35. The largest absolute Gasteiger partial charge is 0.313 e. The number of hydrogen-bond donors (Lipinski definition) is 1. The van der Waals surface area contributed by atoms with Gasteiger partial charge in [-0.3, -0.25) is 0 Å². The fourth-order valence-electron chi connectivity index (χ4n) is 4.48. The highest BCUT2D eigenvalue weighted by molar-refractivity contribution is 6.35. The third-order valence-corrected chi connectivity index (χ3v) is 5.74. The molecule has 2 fully saturated rings. The Hall–Kier alpha value is -1.05. The Bertz CT molecular complexity index is 641. The normalized spacial score (nSPS) is 29.4. The molecule has 3 unspecified atom stereocenters. The summed E-state index contributed by atoms with van der Waals surface area (Å²) in [6.07, 6.45) is 4.29. The topological polar surface area (TPSA) is 12.0 Å². The average molecular weight is 286 g/mol. The van der Waals surface area contributed by atoms with Gasteiger partial charge in [0.15, 0.2) is 0 Å². The van der Waals surface area contributed by atoms with Gasteiger partial charge in [0.25, 0.3) is 0 Å². The van der Waals surface area contributed by atoms with Crippen LogP contribution in [0.1, 0.15) is 30.9 Å². The highest BCUT2D eigenvalue weighted by Gasteiger charge is 2.55. The summed E-state index contributed by atoms with van der Waals surface area (Å²) in [5.41, 5.74) is 1.42. The van der Waals surface area contributed by atoms with E-state index < -0.39 is 0 Å². The minimum Gasteiger partial charge on any atom is -0.313 e. The molecule has 0 amide bonds. The summed E-state index contributed by atoms with van der Waals surface area (Å²) in [4.78, 5) is 0. The second kappa shape index (κ2) is 4.75. The minimum atomic E-state index is 0.479. The van der Waals surface area contributed by atoms with E-state index in [2.05, 4.69) is 48.8 Å². The zero-order valence-electron chi connectivity index (χ0n) is 11.8. The van der Waals surface area contributed by atoms with Crippen molar-refractivity contribution in [1.82, 2.24) is 5.32 Å². The summed E-state index contributed by atoms with van der Waals surface area (Å²) in [6, 6.07) is 13.3. The first kappa shape index (κ1) is 12.7. The highest BCUT2D eigenvalue weighted by Crippen LogP contribution is 2.62. The number of hydrogen-bond acceptors (Lipinski definition) is 1. The number of rotatable bonds is 3. The average Bonchev–Trinajstić information content (AvgIpc) is 2.94. The van der Waals surface area contributed by atoms with Gasteiger partial charge in [0.2, 0.25) is 0 Å². The maximum Gasteiger partial charge on any atom is 0.0484 e. The van der Waals surface area contributed by atoms with Crippen LogP contribution < -0.4 is 5.32 Å². The van der Waals surface area contributed by atoms with E-state index in [1.54, 1.807) is 0 Å². The molecule has 0 heterocycles. The molecule has 2 aliphatic rings. The summed E-state index contributed by atoms with van der Waals surface area (Å²) in [7, 11) is 2.10. The second-order valence-corrected chi connectivity index (χ2v) is 6.69. The van der Waals surface area contributed by atoms with E-state index in [4.69, 9.17) is 11.6 Å². The molecule has 0 spiro atoms. The Morgan fingerprint density at radius 1 is 1.05 bits per heavy atom. The van der Waals surface area contributed by atoms with E-state index in [0.29, 0.717) is 6.04 Å². The molecular formula is C18H20ClN. The van der Waals surface area contributed by atoms with Crippen molar-refractivity contribution >= 4 is 22.4 Å². The molecule has 20 heavy (non-hydrogen) atoms. The third-order valence-electron chi connectivity index (χ3n) is 5.41. The van der Waals surface area contributed by atoms with Crippen molar-refractivity contribution in [3.8, 4) is 0 Å². The fourth-order valence-corrected chi connectivity index (χ4v) is 4.71. The summed E-state index contributed by atoms with van der Waals surface area (Å²) in [5.74, 6) is 2.75. The van der Waals surface area contributed by atoms with Gasteiger partial charge in [-0.2, -0.15) is 0 Å². The molecule has 4 rings (SSSR count).